The molecule has 0 bridgehead atoms. The molecule has 0 spiro atoms. The summed E-state index contributed by atoms with van der Waals surface area (Å²) in [5.74, 6) is 1.48. The molecule has 0 aliphatic heterocycles. The second-order valence-corrected chi connectivity index (χ2v) is 7.33. The molecular formula is C18H17Cl2N3OS. The monoisotopic (exact) mass is 393 g/mol. The highest BCUT2D eigenvalue weighted by atomic mass is 35.5. The molecule has 2 amide bonds. The lowest BCUT2D eigenvalue weighted by molar-refractivity contribution is 0.252. The predicted molar refractivity (Wildman–Crippen MR) is 108 cm³/mol. The third-order valence-corrected chi connectivity index (χ3v) is 5.35. The highest BCUT2D eigenvalue weighted by Crippen LogP contribution is 2.28. The van der Waals surface area contributed by atoms with Crippen molar-refractivity contribution >= 4 is 57.6 Å². The Morgan fingerprint density at radius 3 is 2.72 bits per heavy atom. The zero-order valence-corrected chi connectivity index (χ0v) is 15.6. The second kappa shape index (κ2) is 8.52. The van der Waals surface area contributed by atoms with Crippen molar-refractivity contribution in [2.24, 2.45) is 0 Å². The first kappa shape index (κ1) is 18.0. The number of carbonyl (C=O) groups is 1. The third-order valence-electron chi connectivity index (χ3n) is 3.65. The summed E-state index contributed by atoms with van der Waals surface area (Å²) in [6, 6.07) is 13.0. The van der Waals surface area contributed by atoms with E-state index in [0.717, 1.165) is 27.9 Å². The molecule has 1 aromatic heterocycles. The maximum atomic E-state index is 11.9. The molecule has 3 N–H and O–H groups in total. The zero-order valence-electron chi connectivity index (χ0n) is 13.3. The fourth-order valence-electron chi connectivity index (χ4n) is 2.39. The Hall–Kier alpha value is -1.82. The largest absolute Gasteiger partial charge is 0.361 e. The van der Waals surface area contributed by atoms with Crippen LogP contribution in [0.25, 0.3) is 10.9 Å². The summed E-state index contributed by atoms with van der Waals surface area (Å²) in [5, 5.41) is 8.08. The number of amides is 2. The van der Waals surface area contributed by atoms with E-state index in [2.05, 4.69) is 15.6 Å². The highest BCUT2D eigenvalue weighted by molar-refractivity contribution is 7.98. The third kappa shape index (κ3) is 4.84. The van der Waals surface area contributed by atoms with Crippen LogP contribution in [0.5, 0.6) is 0 Å². The molecule has 0 unspecified atom stereocenters. The standard InChI is InChI=1S/C18H17Cl2N3OS/c19-15-2-1-3-16(20)14(15)11-25-9-8-22-18(24)23-13-4-5-17-12(10-13)6-7-21-17/h1-7,10,21H,8-9,11H2,(H2,22,23,24). The maximum Gasteiger partial charge on any atom is 0.319 e. The Morgan fingerprint density at radius 1 is 1.12 bits per heavy atom. The average molecular weight is 394 g/mol. The van der Waals surface area contributed by atoms with E-state index in [0.29, 0.717) is 22.3 Å². The van der Waals surface area contributed by atoms with Crippen LogP contribution in [0.1, 0.15) is 5.56 Å². The van der Waals surface area contributed by atoms with Crippen molar-refractivity contribution < 1.29 is 4.79 Å². The molecule has 25 heavy (non-hydrogen) atoms. The van der Waals surface area contributed by atoms with Gasteiger partial charge in [-0.05, 0) is 42.0 Å². The molecule has 0 aliphatic rings. The molecular weight excluding hydrogens is 377 g/mol. The number of H-pyrrole nitrogens is 1. The van der Waals surface area contributed by atoms with E-state index in [9.17, 15) is 4.79 Å². The first-order valence-corrected chi connectivity index (χ1v) is 9.67. The van der Waals surface area contributed by atoms with Gasteiger partial charge in [0.1, 0.15) is 0 Å². The van der Waals surface area contributed by atoms with Gasteiger partial charge in [0.25, 0.3) is 0 Å². The number of hydrogen-bond donors (Lipinski definition) is 3. The van der Waals surface area contributed by atoms with Gasteiger partial charge < -0.3 is 15.6 Å². The molecule has 0 atom stereocenters. The molecule has 0 aliphatic carbocycles. The fourth-order valence-corrected chi connectivity index (χ4v) is 3.98. The van der Waals surface area contributed by atoms with Gasteiger partial charge in [0.15, 0.2) is 0 Å². The Morgan fingerprint density at radius 2 is 1.92 bits per heavy atom. The van der Waals surface area contributed by atoms with Gasteiger partial charge in [-0.2, -0.15) is 11.8 Å². The Labute approximate surface area is 160 Å². The van der Waals surface area contributed by atoms with Crippen LogP contribution in [0.15, 0.2) is 48.7 Å². The van der Waals surface area contributed by atoms with Gasteiger partial charge in [-0.1, -0.05) is 29.3 Å². The zero-order chi connectivity index (χ0) is 17.6. The molecule has 0 saturated heterocycles. The van der Waals surface area contributed by atoms with Gasteiger partial charge in [-0.15, -0.1) is 0 Å². The number of rotatable bonds is 6. The molecule has 3 rings (SSSR count). The Bertz CT molecular complexity index is 861. The normalized spacial score (nSPS) is 10.8. The van der Waals surface area contributed by atoms with Crippen molar-refractivity contribution in [3.05, 3.63) is 64.3 Å². The summed E-state index contributed by atoms with van der Waals surface area (Å²) in [5.41, 5.74) is 2.74. The summed E-state index contributed by atoms with van der Waals surface area (Å²) in [7, 11) is 0. The number of urea groups is 1. The predicted octanol–water partition coefficient (Wildman–Crippen LogP) is 5.53. The van der Waals surface area contributed by atoms with Crippen molar-refractivity contribution in [3.63, 3.8) is 0 Å². The van der Waals surface area contributed by atoms with E-state index in [1.54, 1.807) is 11.8 Å². The number of hydrogen-bond acceptors (Lipinski definition) is 2. The minimum Gasteiger partial charge on any atom is -0.361 e. The van der Waals surface area contributed by atoms with Crippen LogP contribution in [0.2, 0.25) is 10.0 Å². The van der Waals surface area contributed by atoms with Crippen LogP contribution in [-0.2, 0) is 5.75 Å². The summed E-state index contributed by atoms with van der Waals surface area (Å²) in [4.78, 5) is 15.1. The van der Waals surface area contributed by atoms with Crippen LogP contribution in [0, 0.1) is 0 Å². The topological polar surface area (TPSA) is 56.9 Å². The lowest BCUT2D eigenvalue weighted by atomic mass is 10.2. The number of fused-ring (bicyclic) bond motifs is 1. The van der Waals surface area contributed by atoms with Gasteiger partial charge in [0.05, 0.1) is 0 Å². The van der Waals surface area contributed by atoms with Gasteiger partial charge >= 0.3 is 6.03 Å². The van der Waals surface area contributed by atoms with E-state index >= 15 is 0 Å². The van der Waals surface area contributed by atoms with Crippen molar-refractivity contribution in [3.8, 4) is 0 Å². The van der Waals surface area contributed by atoms with Gasteiger partial charge in [0.2, 0.25) is 0 Å². The number of aromatic amines is 1. The number of carbonyl (C=O) groups excluding carboxylic acids is 1. The molecule has 7 heteroatoms. The van der Waals surface area contributed by atoms with Crippen molar-refractivity contribution in [1.29, 1.82) is 0 Å². The smallest absolute Gasteiger partial charge is 0.319 e. The van der Waals surface area contributed by atoms with Gasteiger partial charge in [0, 0.05) is 50.9 Å². The quantitative estimate of drug-likeness (QED) is 0.482. The van der Waals surface area contributed by atoms with Crippen molar-refractivity contribution in [1.82, 2.24) is 10.3 Å². The van der Waals surface area contributed by atoms with Crippen LogP contribution >= 0.6 is 35.0 Å². The molecule has 0 fully saturated rings. The summed E-state index contributed by atoms with van der Waals surface area (Å²) in [6.07, 6.45) is 1.87. The summed E-state index contributed by atoms with van der Waals surface area (Å²) in [6.45, 7) is 0.560. The second-order valence-electron chi connectivity index (χ2n) is 5.41. The molecule has 4 nitrogen and oxygen atoms in total. The lowest BCUT2D eigenvalue weighted by Gasteiger charge is -2.09. The first-order valence-electron chi connectivity index (χ1n) is 7.76. The fraction of sp³-hybridized carbons (Fsp3) is 0.167. The number of nitrogens with one attached hydrogen (secondary N) is 3. The minimum atomic E-state index is -0.216. The van der Waals surface area contributed by atoms with Crippen LogP contribution in [0.3, 0.4) is 0 Å². The van der Waals surface area contributed by atoms with Crippen molar-refractivity contribution in [2.75, 3.05) is 17.6 Å². The Balaban J connectivity index is 1.40. The maximum absolute atomic E-state index is 11.9. The van der Waals surface area contributed by atoms with Gasteiger partial charge in [-0.25, -0.2) is 4.79 Å². The van der Waals surface area contributed by atoms with E-state index < -0.39 is 0 Å². The number of halogens is 2. The number of anilines is 1. The Kier molecular flexibility index (Phi) is 6.13. The molecule has 0 radical (unpaired) electrons. The van der Waals surface area contributed by atoms with E-state index in [1.165, 1.54) is 0 Å². The molecule has 0 saturated carbocycles. The van der Waals surface area contributed by atoms with Crippen molar-refractivity contribution in [2.45, 2.75) is 5.75 Å². The van der Waals surface area contributed by atoms with E-state index in [4.69, 9.17) is 23.2 Å². The van der Waals surface area contributed by atoms with E-state index in [1.807, 2.05) is 48.7 Å². The number of aromatic nitrogens is 1. The number of benzene rings is 2. The van der Waals surface area contributed by atoms with Crippen LogP contribution < -0.4 is 10.6 Å². The minimum absolute atomic E-state index is 0.216. The lowest BCUT2D eigenvalue weighted by Crippen LogP contribution is -2.30. The molecule has 1 heterocycles. The van der Waals surface area contributed by atoms with Gasteiger partial charge in [-0.3, -0.25) is 0 Å². The molecule has 130 valence electrons. The highest BCUT2D eigenvalue weighted by Gasteiger charge is 2.06. The van der Waals surface area contributed by atoms with Crippen LogP contribution in [-0.4, -0.2) is 23.3 Å². The van der Waals surface area contributed by atoms with Crippen LogP contribution in [0.4, 0.5) is 10.5 Å². The SMILES string of the molecule is O=C(NCCSCc1c(Cl)cccc1Cl)Nc1ccc2[nH]ccc2c1. The molecule has 2 aromatic carbocycles. The molecule has 3 aromatic rings. The van der Waals surface area contributed by atoms with E-state index in [-0.39, 0.29) is 6.03 Å². The average Bonchev–Trinajstić information content (AvgIpc) is 3.04. The summed E-state index contributed by atoms with van der Waals surface area (Å²) >= 11 is 13.9. The number of thioether (sulfide) groups is 1. The summed E-state index contributed by atoms with van der Waals surface area (Å²) < 4.78 is 0. The first-order chi connectivity index (χ1) is 12.1.